The Hall–Kier alpha value is -3.41. The van der Waals surface area contributed by atoms with Crippen molar-refractivity contribution in [2.75, 3.05) is 27.3 Å². The molecule has 31 heavy (non-hydrogen) atoms. The first-order valence-electron chi connectivity index (χ1n) is 9.69. The molecule has 1 aromatic carbocycles. The number of furan rings is 1. The van der Waals surface area contributed by atoms with Crippen LogP contribution in [0.2, 0.25) is 0 Å². The molecule has 0 spiro atoms. The van der Waals surface area contributed by atoms with Crippen LogP contribution in [-0.4, -0.2) is 60.5 Å². The van der Waals surface area contributed by atoms with E-state index in [1.165, 1.54) is 21.0 Å². The Morgan fingerprint density at radius 3 is 2.42 bits per heavy atom. The third-order valence-electron chi connectivity index (χ3n) is 4.92. The zero-order valence-electron chi connectivity index (χ0n) is 18.0. The van der Waals surface area contributed by atoms with Gasteiger partial charge in [0.1, 0.15) is 25.2 Å². The second kappa shape index (κ2) is 10.6. The molecule has 1 aromatic heterocycles. The first-order valence-corrected chi connectivity index (χ1v) is 9.69. The third kappa shape index (κ3) is 5.40. The number of ether oxygens (including phenoxy) is 1. The molecule has 2 aromatic rings. The minimum Gasteiger partial charge on any atom is -0.466 e. The highest BCUT2D eigenvalue weighted by Crippen LogP contribution is 2.19. The molecule has 0 saturated carbocycles. The number of nitrogens with zero attached hydrogens (tertiary/aromatic N) is 1. The maximum atomic E-state index is 12.9. The number of nitrogens with one attached hydrogen (secondary N) is 1. The zero-order valence-corrected chi connectivity index (χ0v) is 18.0. The summed E-state index contributed by atoms with van der Waals surface area (Å²) >= 11 is 0. The van der Waals surface area contributed by atoms with Gasteiger partial charge in [0.2, 0.25) is 0 Å². The second-order valence-corrected chi connectivity index (χ2v) is 6.86. The predicted octanol–water partition coefficient (Wildman–Crippen LogP) is 1.35. The van der Waals surface area contributed by atoms with Crippen molar-refractivity contribution in [3.05, 3.63) is 59.0 Å². The molecule has 0 aliphatic rings. The maximum absolute atomic E-state index is 12.9. The molecule has 164 valence electrons. The average molecular weight is 426 g/mol. The number of aliphatic hydroxyl groups is 1. The number of hydrogen-bond donors (Lipinski definition) is 2. The van der Waals surface area contributed by atoms with E-state index >= 15 is 0 Å². The second-order valence-electron chi connectivity index (χ2n) is 6.86. The van der Waals surface area contributed by atoms with Gasteiger partial charge in [-0.25, -0.2) is 0 Å². The van der Waals surface area contributed by atoms with Gasteiger partial charge in [0, 0.05) is 31.8 Å². The van der Waals surface area contributed by atoms with Crippen LogP contribution in [0.15, 0.2) is 41.0 Å². The Kier molecular flexibility index (Phi) is 8.14. The number of carbonyl (C=O) groups is 3. The summed E-state index contributed by atoms with van der Waals surface area (Å²) < 4.78 is 10.6. The van der Waals surface area contributed by atoms with Crippen LogP contribution >= 0.6 is 0 Å². The molecule has 0 radical (unpaired) electrons. The van der Waals surface area contributed by atoms with Gasteiger partial charge < -0.3 is 24.5 Å². The van der Waals surface area contributed by atoms with Gasteiger partial charge in [-0.05, 0) is 44.2 Å². The van der Waals surface area contributed by atoms with Crippen molar-refractivity contribution in [1.82, 2.24) is 10.2 Å². The van der Waals surface area contributed by atoms with Crippen molar-refractivity contribution in [2.45, 2.75) is 26.0 Å². The molecule has 2 N–H and O–H groups in total. The quantitative estimate of drug-likeness (QED) is 0.487. The third-order valence-corrected chi connectivity index (χ3v) is 4.92. The molecule has 8 heteroatoms. The summed E-state index contributed by atoms with van der Waals surface area (Å²) in [5, 5.41) is 11.6. The lowest BCUT2D eigenvalue weighted by Gasteiger charge is -2.35. The number of ketones is 1. The minimum atomic E-state index is -1.83. The Bertz CT molecular complexity index is 981. The normalized spacial score (nSPS) is 12.3. The van der Waals surface area contributed by atoms with Crippen LogP contribution in [0.3, 0.4) is 0 Å². The van der Waals surface area contributed by atoms with Crippen LogP contribution in [0.25, 0.3) is 0 Å². The van der Waals surface area contributed by atoms with Crippen LogP contribution in [0.1, 0.15) is 41.1 Å². The zero-order chi connectivity index (χ0) is 23.0. The summed E-state index contributed by atoms with van der Waals surface area (Å²) in [4.78, 5) is 38.4. The lowest BCUT2D eigenvalue weighted by molar-refractivity contribution is -0.143. The smallest absolute Gasteiger partial charge is 0.254 e. The number of rotatable bonds is 8. The Labute approximate surface area is 181 Å². The fraction of sp³-hybridized carbons (Fsp3) is 0.348. The first kappa shape index (κ1) is 23.9. The molecule has 0 aliphatic heterocycles. The van der Waals surface area contributed by atoms with Gasteiger partial charge in [0.15, 0.2) is 11.3 Å². The van der Waals surface area contributed by atoms with E-state index in [2.05, 4.69) is 17.2 Å². The van der Waals surface area contributed by atoms with Crippen molar-refractivity contribution in [3.63, 3.8) is 0 Å². The van der Waals surface area contributed by atoms with E-state index < -0.39 is 29.7 Å². The van der Waals surface area contributed by atoms with E-state index in [1.54, 1.807) is 36.6 Å². The number of benzene rings is 1. The molecule has 0 fully saturated rings. The molecule has 0 unspecified atom stereocenters. The molecule has 8 nitrogen and oxygen atoms in total. The molecular weight excluding hydrogens is 400 g/mol. The molecule has 2 amide bonds. The average Bonchev–Trinajstić information content (AvgIpc) is 3.26. The molecular formula is C23H26N2O6. The van der Waals surface area contributed by atoms with Gasteiger partial charge >= 0.3 is 0 Å². The molecule has 0 bridgehead atoms. The molecule has 0 saturated heterocycles. The van der Waals surface area contributed by atoms with Gasteiger partial charge in [-0.2, -0.15) is 0 Å². The largest absolute Gasteiger partial charge is 0.466 e. The van der Waals surface area contributed by atoms with E-state index in [9.17, 15) is 19.5 Å². The van der Waals surface area contributed by atoms with Crippen LogP contribution in [0.4, 0.5) is 0 Å². The highest BCUT2D eigenvalue weighted by atomic mass is 16.5. The van der Waals surface area contributed by atoms with Crippen LogP contribution < -0.4 is 5.32 Å². The number of likely N-dealkylation sites (N-methyl/N-ethyl adjacent to an activating group) is 2. The number of Topliss-reactive ketones (excluding diaryl/α,β-unsaturated/α-hetero) is 1. The molecule has 0 aliphatic carbocycles. The van der Waals surface area contributed by atoms with E-state index in [0.29, 0.717) is 30.1 Å². The monoisotopic (exact) mass is 426 g/mol. The fourth-order valence-electron chi connectivity index (χ4n) is 2.83. The van der Waals surface area contributed by atoms with Gasteiger partial charge in [-0.1, -0.05) is 11.8 Å². The van der Waals surface area contributed by atoms with Crippen LogP contribution in [-0.2, 0) is 20.9 Å². The number of carbonyl (C=O) groups excluding carboxylic acids is 3. The van der Waals surface area contributed by atoms with Gasteiger partial charge in [-0.15, -0.1) is 0 Å². The lowest BCUT2D eigenvalue weighted by atomic mass is 9.92. The summed E-state index contributed by atoms with van der Waals surface area (Å²) in [5.74, 6) is 4.64. The van der Waals surface area contributed by atoms with E-state index in [1.807, 2.05) is 6.92 Å². The summed E-state index contributed by atoms with van der Waals surface area (Å²) in [6.07, 6.45) is 1.55. The molecule has 2 rings (SSSR count). The molecule has 1 atom stereocenters. The lowest BCUT2D eigenvalue weighted by Crippen LogP contribution is -2.62. The molecule has 1 heterocycles. The van der Waals surface area contributed by atoms with E-state index in [-0.39, 0.29) is 5.56 Å². The minimum absolute atomic E-state index is 0.274. The number of amides is 2. The van der Waals surface area contributed by atoms with Crippen LogP contribution in [0.5, 0.6) is 0 Å². The highest BCUT2D eigenvalue weighted by Gasteiger charge is 2.46. The fourth-order valence-corrected chi connectivity index (χ4v) is 2.83. The van der Waals surface area contributed by atoms with Crippen molar-refractivity contribution < 1.29 is 28.6 Å². The SMILES string of the molecule is CCOCc1cc(C#Cc2ccc(C(=O)N(C)[C@](C)(C(=O)CO)C(=O)NC)cc2)co1. The summed E-state index contributed by atoms with van der Waals surface area (Å²) in [6.45, 7) is 3.32. The van der Waals surface area contributed by atoms with E-state index in [4.69, 9.17) is 9.15 Å². The number of hydrogen-bond acceptors (Lipinski definition) is 6. The van der Waals surface area contributed by atoms with Gasteiger partial charge in [0.25, 0.3) is 11.8 Å². The summed E-state index contributed by atoms with van der Waals surface area (Å²) in [7, 11) is 2.70. The van der Waals surface area contributed by atoms with Crippen molar-refractivity contribution >= 4 is 17.6 Å². The van der Waals surface area contributed by atoms with Gasteiger partial charge in [0.05, 0.1) is 5.56 Å². The van der Waals surface area contributed by atoms with Crippen molar-refractivity contribution in [2.24, 2.45) is 0 Å². The standard InChI is InChI=1S/C23H26N2O6/c1-5-30-15-19-12-17(14-31-19)7-6-16-8-10-18(11-9-16)21(28)25(4)23(2,20(27)13-26)22(29)24-3/h8-12,14,26H,5,13,15H2,1-4H3,(H,24,29)/t23-/m1/s1. The Balaban J connectivity index is 2.17. The first-order chi connectivity index (χ1) is 14.8. The van der Waals surface area contributed by atoms with Gasteiger partial charge in [-0.3, -0.25) is 14.4 Å². The maximum Gasteiger partial charge on any atom is 0.254 e. The highest BCUT2D eigenvalue weighted by molar-refractivity contribution is 6.14. The summed E-state index contributed by atoms with van der Waals surface area (Å²) in [6, 6.07) is 8.26. The Morgan fingerprint density at radius 2 is 1.84 bits per heavy atom. The Morgan fingerprint density at radius 1 is 1.19 bits per heavy atom. The van der Waals surface area contributed by atoms with Crippen molar-refractivity contribution in [1.29, 1.82) is 0 Å². The van der Waals surface area contributed by atoms with Crippen molar-refractivity contribution in [3.8, 4) is 11.8 Å². The summed E-state index contributed by atoms with van der Waals surface area (Å²) in [5.41, 5.74) is -0.179. The van der Waals surface area contributed by atoms with Crippen LogP contribution in [0, 0.1) is 11.8 Å². The van der Waals surface area contributed by atoms with E-state index in [0.717, 1.165) is 4.90 Å². The topological polar surface area (TPSA) is 109 Å². The predicted molar refractivity (Wildman–Crippen MR) is 113 cm³/mol. The number of aliphatic hydroxyl groups excluding tert-OH is 1.